The first-order chi connectivity index (χ1) is 11.4. The molecule has 0 saturated heterocycles. The Morgan fingerprint density at radius 3 is 2.29 bits per heavy atom. The van der Waals surface area contributed by atoms with E-state index in [4.69, 9.17) is 4.74 Å². The Bertz CT molecular complexity index is 569. The van der Waals surface area contributed by atoms with Crippen LogP contribution in [0.25, 0.3) is 0 Å². The minimum Gasteiger partial charge on any atom is -0.462 e. The van der Waals surface area contributed by atoms with Crippen LogP contribution in [0.15, 0.2) is 24.3 Å². The SMILES string of the molecule is CCOC(=O)c1ccc(NC(=O)CCN(C(C)=O)C(C)CC)cc1. The lowest BCUT2D eigenvalue weighted by Gasteiger charge is -2.27. The van der Waals surface area contributed by atoms with Crippen molar-refractivity contribution in [2.24, 2.45) is 0 Å². The fraction of sp³-hybridized carbons (Fsp3) is 0.500. The van der Waals surface area contributed by atoms with Crippen LogP contribution in [0.2, 0.25) is 0 Å². The molecule has 0 radical (unpaired) electrons. The number of hydrogen-bond acceptors (Lipinski definition) is 4. The summed E-state index contributed by atoms with van der Waals surface area (Å²) in [6, 6.07) is 6.63. The van der Waals surface area contributed by atoms with Gasteiger partial charge in [-0.2, -0.15) is 0 Å². The summed E-state index contributed by atoms with van der Waals surface area (Å²) in [6.45, 7) is 7.94. The van der Waals surface area contributed by atoms with Gasteiger partial charge in [-0.25, -0.2) is 4.79 Å². The van der Waals surface area contributed by atoms with Crippen LogP contribution in [-0.4, -0.2) is 41.9 Å². The van der Waals surface area contributed by atoms with Gasteiger partial charge in [-0.3, -0.25) is 9.59 Å². The molecule has 0 bridgehead atoms. The molecule has 0 aliphatic rings. The average molecular weight is 334 g/mol. The van der Waals surface area contributed by atoms with Crippen molar-refractivity contribution in [2.75, 3.05) is 18.5 Å². The topological polar surface area (TPSA) is 75.7 Å². The van der Waals surface area contributed by atoms with Crippen LogP contribution in [0.5, 0.6) is 0 Å². The van der Waals surface area contributed by atoms with Gasteiger partial charge in [0, 0.05) is 31.6 Å². The number of benzene rings is 1. The van der Waals surface area contributed by atoms with E-state index in [0.29, 0.717) is 24.4 Å². The van der Waals surface area contributed by atoms with Gasteiger partial charge in [0.25, 0.3) is 0 Å². The second kappa shape index (κ2) is 9.70. The largest absolute Gasteiger partial charge is 0.462 e. The zero-order valence-electron chi connectivity index (χ0n) is 14.8. The van der Waals surface area contributed by atoms with E-state index in [2.05, 4.69) is 5.32 Å². The fourth-order valence-corrected chi connectivity index (χ4v) is 2.26. The van der Waals surface area contributed by atoms with E-state index in [-0.39, 0.29) is 30.2 Å². The molecule has 0 saturated carbocycles. The minimum atomic E-state index is -0.388. The van der Waals surface area contributed by atoms with E-state index in [9.17, 15) is 14.4 Å². The summed E-state index contributed by atoms with van der Waals surface area (Å²) in [5, 5.41) is 2.76. The van der Waals surface area contributed by atoms with E-state index in [0.717, 1.165) is 6.42 Å². The van der Waals surface area contributed by atoms with Crippen LogP contribution in [0, 0.1) is 0 Å². The maximum atomic E-state index is 12.0. The predicted octanol–water partition coefficient (Wildman–Crippen LogP) is 2.84. The number of anilines is 1. The molecule has 6 heteroatoms. The van der Waals surface area contributed by atoms with Gasteiger partial charge in [0.05, 0.1) is 12.2 Å². The number of carbonyl (C=O) groups excluding carboxylic acids is 3. The zero-order chi connectivity index (χ0) is 18.1. The Hall–Kier alpha value is -2.37. The van der Waals surface area contributed by atoms with Gasteiger partial charge >= 0.3 is 5.97 Å². The highest BCUT2D eigenvalue weighted by molar-refractivity contribution is 5.93. The fourth-order valence-electron chi connectivity index (χ4n) is 2.26. The van der Waals surface area contributed by atoms with Gasteiger partial charge in [0.2, 0.25) is 11.8 Å². The summed E-state index contributed by atoms with van der Waals surface area (Å²) in [7, 11) is 0. The van der Waals surface area contributed by atoms with Gasteiger partial charge < -0.3 is 15.0 Å². The summed E-state index contributed by atoms with van der Waals surface area (Å²) >= 11 is 0. The highest BCUT2D eigenvalue weighted by atomic mass is 16.5. The molecule has 2 amide bonds. The summed E-state index contributed by atoms with van der Waals surface area (Å²) in [6.07, 6.45) is 1.07. The van der Waals surface area contributed by atoms with Gasteiger partial charge in [-0.15, -0.1) is 0 Å². The van der Waals surface area contributed by atoms with Crippen molar-refractivity contribution in [1.29, 1.82) is 0 Å². The van der Waals surface area contributed by atoms with Crippen LogP contribution in [0.4, 0.5) is 5.69 Å². The number of carbonyl (C=O) groups is 3. The molecule has 1 rings (SSSR count). The van der Waals surface area contributed by atoms with Crippen LogP contribution in [0.3, 0.4) is 0 Å². The van der Waals surface area contributed by atoms with Gasteiger partial charge in [-0.1, -0.05) is 6.92 Å². The van der Waals surface area contributed by atoms with Crippen LogP contribution < -0.4 is 5.32 Å². The lowest BCUT2D eigenvalue weighted by Crippen LogP contribution is -2.38. The Balaban J connectivity index is 2.55. The molecular formula is C18H26N2O4. The number of nitrogens with one attached hydrogen (secondary N) is 1. The number of esters is 1. The molecule has 1 aromatic rings. The zero-order valence-corrected chi connectivity index (χ0v) is 14.8. The van der Waals surface area contributed by atoms with Gasteiger partial charge in [0.1, 0.15) is 0 Å². The number of rotatable bonds is 8. The standard InChI is InChI=1S/C18H26N2O4/c1-5-13(3)20(14(4)21)12-11-17(22)19-16-9-7-15(8-10-16)18(23)24-6-2/h7-10,13H,5-6,11-12H2,1-4H3,(H,19,22). The van der Waals surface area contributed by atoms with E-state index in [1.54, 1.807) is 36.1 Å². The van der Waals surface area contributed by atoms with Gasteiger partial charge in [-0.05, 0) is 44.5 Å². The van der Waals surface area contributed by atoms with Crippen molar-refractivity contribution in [3.05, 3.63) is 29.8 Å². The third kappa shape index (κ3) is 6.02. The molecule has 0 heterocycles. The summed E-state index contributed by atoms with van der Waals surface area (Å²) in [5.41, 5.74) is 1.04. The van der Waals surface area contributed by atoms with Crippen molar-refractivity contribution in [3.63, 3.8) is 0 Å². The molecule has 132 valence electrons. The second-order valence-corrected chi connectivity index (χ2v) is 5.57. The van der Waals surface area contributed by atoms with E-state index >= 15 is 0 Å². The summed E-state index contributed by atoms with van der Waals surface area (Å²) in [4.78, 5) is 36.9. The van der Waals surface area contributed by atoms with Crippen molar-refractivity contribution < 1.29 is 19.1 Å². The first-order valence-electron chi connectivity index (χ1n) is 8.23. The summed E-state index contributed by atoms with van der Waals surface area (Å²) in [5.74, 6) is -0.592. The van der Waals surface area contributed by atoms with E-state index in [1.165, 1.54) is 6.92 Å². The number of ether oxygens (including phenoxy) is 1. The Morgan fingerprint density at radius 2 is 1.79 bits per heavy atom. The van der Waals surface area contributed by atoms with Crippen molar-refractivity contribution >= 4 is 23.5 Å². The molecular weight excluding hydrogens is 308 g/mol. The highest BCUT2D eigenvalue weighted by Gasteiger charge is 2.16. The third-order valence-electron chi connectivity index (χ3n) is 3.79. The monoisotopic (exact) mass is 334 g/mol. The molecule has 6 nitrogen and oxygen atoms in total. The lowest BCUT2D eigenvalue weighted by molar-refractivity contribution is -0.131. The maximum Gasteiger partial charge on any atom is 0.338 e. The third-order valence-corrected chi connectivity index (χ3v) is 3.79. The minimum absolute atomic E-state index is 0.0315. The number of nitrogens with zero attached hydrogens (tertiary/aromatic N) is 1. The Morgan fingerprint density at radius 1 is 1.17 bits per heavy atom. The van der Waals surface area contributed by atoms with Crippen molar-refractivity contribution in [1.82, 2.24) is 4.90 Å². The maximum absolute atomic E-state index is 12.0. The quantitative estimate of drug-likeness (QED) is 0.742. The second-order valence-electron chi connectivity index (χ2n) is 5.57. The van der Waals surface area contributed by atoms with E-state index in [1.807, 2.05) is 13.8 Å². The molecule has 0 spiro atoms. The van der Waals surface area contributed by atoms with Crippen molar-refractivity contribution in [3.8, 4) is 0 Å². The highest BCUT2D eigenvalue weighted by Crippen LogP contribution is 2.12. The predicted molar refractivity (Wildman–Crippen MR) is 92.8 cm³/mol. The smallest absolute Gasteiger partial charge is 0.338 e. The van der Waals surface area contributed by atoms with Crippen molar-refractivity contribution in [2.45, 2.75) is 46.6 Å². The lowest BCUT2D eigenvalue weighted by atomic mass is 10.2. The van der Waals surface area contributed by atoms with Crippen LogP contribution in [-0.2, 0) is 14.3 Å². The van der Waals surface area contributed by atoms with Gasteiger partial charge in [0.15, 0.2) is 0 Å². The molecule has 1 unspecified atom stereocenters. The molecule has 1 N–H and O–H groups in total. The molecule has 1 aromatic carbocycles. The molecule has 0 aliphatic heterocycles. The van der Waals surface area contributed by atoms with E-state index < -0.39 is 0 Å². The average Bonchev–Trinajstić information content (AvgIpc) is 2.55. The first-order valence-corrected chi connectivity index (χ1v) is 8.23. The number of amides is 2. The molecule has 0 aliphatic carbocycles. The normalized spacial score (nSPS) is 11.5. The number of hydrogen-bond donors (Lipinski definition) is 1. The first kappa shape index (κ1) is 19.7. The Kier molecular flexibility index (Phi) is 7.95. The molecule has 0 aromatic heterocycles. The molecule has 24 heavy (non-hydrogen) atoms. The molecule has 0 fully saturated rings. The van der Waals surface area contributed by atoms with Crippen LogP contribution in [0.1, 0.15) is 50.9 Å². The van der Waals surface area contributed by atoms with Crippen LogP contribution >= 0.6 is 0 Å². The Labute approximate surface area is 143 Å². The molecule has 1 atom stereocenters. The summed E-state index contributed by atoms with van der Waals surface area (Å²) < 4.78 is 4.91.